The fourth-order valence-electron chi connectivity index (χ4n) is 2.75. The Bertz CT molecular complexity index is 1110. The minimum atomic E-state index is -1.16. The highest BCUT2D eigenvalue weighted by molar-refractivity contribution is 5.95. The molecule has 1 aromatic heterocycles. The van der Waals surface area contributed by atoms with Crippen LogP contribution in [0.25, 0.3) is 11.0 Å². The molecule has 0 saturated heterocycles. The molecule has 0 aliphatic carbocycles. The molecule has 0 aliphatic rings. The lowest BCUT2D eigenvalue weighted by Crippen LogP contribution is -2.30. The number of carbonyl (C=O) groups excluding carboxylic acids is 2. The number of hydrogen-bond acceptors (Lipinski definition) is 6. The zero-order chi connectivity index (χ0) is 21.1. The fourth-order valence-corrected chi connectivity index (χ4v) is 2.75. The maximum Gasteiger partial charge on any atom is 0.311 e. The van der Waals surface area contributed by atoms with Crippen molar-refractivity contribution >= 4 is 34.2 Å². The standard InChI is InChI=1S/C20H17FN2O6/c1-11-3-5-15-13(10-28-18(15)7-11)8-19(24)29-12(2)20(25)22-14-4-6-16(21)17(9-14)23(26)27/h3-7,9-10,12H,8H2,1-2H3,(H,22,25)/t12-/m0/s1. The average Bonchev–Trinajstić information content (AvgIpc) is 3.04. The number of furan rings is 1. The first-order chi connectivity index (χ1) is 13.7. The zero-order valence-electron chi connectivity index (χ0n) is 15.6. The number of halogens is 1. The van der Waals surface area contributed by atoms with Crippen LogP contribution in [0.5, 0.6) is 0 Å². The van der Waals surface area contributed by atoms with Crippen LogP contribution < -0.4 is 5.32 Å². The second kappa shape index (κ2) is 8.09. The van der Waals surface area contributed by atoms with Crippen molar-refractivity contribution in [3.8, 4) is 0 Å². The molecule has 29 heavy (non-hydrogen) atoms. The predicted molar refractivity (Wildman–Crippen MR) is 102 cm³/mol. The molecule has 0 spiro atoms. The predicted octanol–water partition coefficient (Wildman–Crippen LogP) is 3.90. The lowest BCUT2D eigenvalue weighted by molar-refractivity contribution is -0.387. The number of nitrogens with zero attached hydrogens (tertiary/aromatic N) is 1. The van der Waals surface area contributed by atoms with Crippen LogP contribution in [0.4, 0.5) is 15.8 Å². The number of aryl methyl sites for hydroxylation is 1. The Morgan fingerprint density at radius 2 is 2.03 bits per heavy atom. The van der Waals surface area contributed by atoms with E-state index >= 15 is 0 Å². The number of anilines is 1. The van der Waals surface area contributed by atoms with Gasteiger partial charge in [-0.3, -0.25) is 19.7 Å². The Morgan fingerprint density at radius 1 is 1.28 bits per heavy atom. The summed E-state index contributed by atoms with van der Waals surface area (Å²) in [7, 11) is 0. The number of hydrogen-bond donors (Lipinski definition) is 1. The smallest absolute Gasteiger partial charge is 0.311 e. The molecule has 0 radical (unpaired) electrons. The summed E-state index contributed by atoms with van der Waals surface area (Å²) in [6.07, 6.45) is 0.218. The van der Waals surface area contributed by atoms with E-state index in [0.29, 0.717) is 11.1 Å². The van der Waals surface area contributed by atoms with E-state index in [1.807, 2.05) is 25.1 Å². The number of fused-ring (bicyclic) bond motifs is 1. The van der Waals surface area contributed by atoms with Crippen molar-refractivity contribution in [1.82, 2.24) is 0 Å². The van der Waals surface area contributed by atoms with E-state index in [0.717, 1.165) is 23.1 Å². The normalized spacial score (nSPS) is 11.8. The summed E-state index contributed by atoms with van der Waals surface area (Å²) in [5.74, 6) is -2.36. The molecule has 9 heteroatoms. The highest BCUT2D eigenvalue weighted by Gasteiger charge is 2.21. The number of ether oxygens (including phenoxy) is 1. The molecule has 1 amide bonds. The van der Waals surface area contributed by atoms with Crippen LogP contribution in [0.15, 0.2) is 47.1 Å². The van der Waals surface area contributed by atoms with Crippen molar-refractivity contribution < 1.29 is 28.1 Å². The van der Waals surface area contributed by atoms with E-state index in [-0.39, 0.29) is 12.1 Å². The van der Waals surface area contributed by atoms with Gasteiger partial charge in [0, 0.05) is 22.7 Å². The van der Waals surface area contributed by atoms with Gasteiger partial charge >= 0.3 is 11.7 Å². The highest BCUT2D eigenvalue weighted by atomic mass is 19.1. The van der Waals surface area contributed by atoms with Gasteiger partial charge in [-0.1, -0.05) is 12.1 Å². The molecule has 0 unspecified atom stereocenters. The molecular weight excluding hydrogens is 383 g/mol. The Balaban J connectivity index is 1.62. The van der Waals surface area contributed by atoms with Gasteiger partial charge in [-0.25, -0.2) is 0 Å². The van der Waals surface area contributed by atoms with Crippen LogP contribution in [0.3, 0.4) is 0 Å². The van der Waals surface area contributed by atoms with Gasteiger partial charge in [0.05, 0.1) is 17.6 Å². The maximum atomic E-state index is 13.4. The Hall–Kier alpha value is -3.75. The molecule has 150 valence electrons. The second-order valence-electron chi connectivity index (χ2n) is 6.48. The van der Waals surface area contributed by atoms with Crippen molar-refractivity contribution in [2.24, 2.45) is 0 Å². The quantitative estimate of drug-likeness (QED) is 0.382. The van der Waals surface area contributed by atoms with E-state index < -0.39 is 34.4 Å². The molecule has 1 N–H and O–H groups in total. The summed E-state index contributed by atoms with van der Waals surface area (Å²) in [6, 6.07) is 8.52. The van der Waals surface area contributed by atoms with E-state index in [4.69, 9.17) is 9.15 Å². The topological polar surface area (TPSA) is 112 Å². The first-order valence-electron chi connectivity index (χ1n) is 8.65. The van der Waals surface area contributed by atoms with Crippen LogP contribution in [0.1, 0.15) is 18.1 Å². The van der Waals surface area contributed by atoms with E-state index in [1.54, 1.807) is 0 Å². The van der Waals surface area contributed by atoms with Crippen molar-refractivity contribution in [1.29, 1.82) is 0 Å². The number of nitro benzene ring substituents is 1. The number of carbonyl (C=O) groups is 2. The van der Waals surface area contributed by atoms with Crippen LogP contribution in [-0.2, 0) is 20.7 Å². The van der Waals surface area contributed by atoms with E-state index in [9.17, 15) is 24.1 Å². The molecule has 3 aromatic rings. The van der Waals surface area contributed by atoms with Gasteiger partial charge in [0.1, 0.15) is 5.58 Å². The van der Waals surface area contributed by atoms with Crippen LogP contribution >= 0.6 is 0 Å². The van der Waals surface area contributed by atoms with Crippen LogP contribution in [0, 0.1) is 22.9 Å². The first kappa shape index (κ1) is 20.0. The SMILES string of the molecule is Cc1ccc2c(CC(=O)O[C@@H](C)C(=O)Nc3ccc(F)c([N+](=O)[O-])c3)coc2c1. The fraction of sp³-hybridized carbons (Fsp3) is 0.200. The monoisotopic (exact) mass is 400 g/mol. The minimum Gasteiger partial charge on any atom is -0.464 e. The van der Waals surface area contributed by atoms with E-state index in [1.165, 1.54) is 19.3 Å². The Labute approximate surface area is 164 Å². The lowest BCUT2D eigenvalue weighted by Gasteiger charge is -2.13. The molecule has 1 heterocycles. The summed E-state index contributed by atoms with van der Waals surface area (Å²) in [4.78, 5) is 34.3. The largest absolute Gasteiger partial charge is 0.464 e. The third-order valence-electron chi connectivity index (χ3n) is 4.23. The van der Waals surface area contributed by atoms with Gasteiger partial charge < -0.3 is 14.5 Å². The second-order valence-corrected chi connectivity index (χ2v) is 6.48. The summed E-state index contributed by atoms with van der Waals surface area (Å²) >= 11 is 0. The third-order valence-corrected chi connectivity index (χ3v) is 4.23. The molecule has 0 fully saturated rings. The number of benzene rings is 2. The molecule has 8 nitrogen and oxygen atoms in total. The molecule has 0 bridgehead atoms. The minimum absolute atomic E-state index is 0.0159. The maximum absolute atomic E-state index is 13.4. The van der Waals surface area contributed by atoms with E-state index in [2.05, 4.69) is 5.32 Å². The van der Waals surface area contributed by atoms with Crippen molar-refractivity contribution in [3.05, 3.63) is 69.7 Å². The molecule has 0 aliphatic heterocycles. The third kappa shape index (κ3) is 4.57. The number of nitrogens with one attached hydrogen (secondary N) is 1. The number of nitro groups is 1. The highest BCUT2D eigenvalue weighted by Crippen LogP contribution is 2.24. The van der Waals surface area contributed by atoms with Crippen molar-refractivity contribution in [3.63, 3.8) is 0 Å². The van der Waals surface area contributed by atoms with Crippen LogP contribution in [-0.4, -0.2) is 22.9 Å². The Kier molecular flexibility index (Phi) is 5.58. The van der Waals surface area contributed by atoms with Crippen molar-refractivity contribution in [2.45, 2.75) is 26.4 Å². The van der Waals surface area contributed by atoms with Gasteiger partial charge in [0.2, 0.25) is 5.82 Å². The van der Waals surface area contributed by atoms with Crippen molar-refractivity contribution in [2.75, 3.05) is 5.32 Å². The molecular formula is C20H17FN2O6. The molecule has 0 saturated carbocycles. The molecule has 3 rings (SSSR count). The van der Waals surface area contributed by atoms with Gasteiger partial charge in [0.15, 0.2) is 6.10 Å². The zero-order valence-corrected chi connectivity index (χ0v) is 15.6. The lowest BCUT2D eigenvalue weighted by atomic mass is 10.1. The van der Waals surface area contributed by atoms with Gasteiger partial charge in [-0.2, -0.15) is 4.39 Å². The van der Waals surface area contributed by atoms with Gasteiger partial charge in [-0.15, -0.1) is 0 Å². The number of esters is 1. The number of rotatable bonds is 6. The summed E-state index contributed by atoms with van der Waals surface area (Å²) in [6.45, 7) is 3.29. The van der Waals surface area contributed by atoms with Crippen LogP contribution in [0.2, 0.25) is 0 Å². The first-order valence-corrected chi connectivity index (χ1v) is 8.65. The molecule has 1 atom stereocenters. The summed E-state index contributed by atoms with van der Waals surface area (Å²) < 4.78 is 23.9. The average molecular weight is 400 g/mol. The summed E-state index contributed by atoms with van der Waals surface area (Å²) in [5, 5.41) is 13.9. The molecule has 2 aromatic carbocycles. The Morgan fingerprint density at radius 3 is 2.76 bits per heavy atom. The van der Waals surface area contributed by atoms with Gasteiger partial charge in [0.25, 0.3) is 5.91 Å². The van der Waals surface area contributed by atoms with Gasteiger partial charge in [-0.05, 0) is 37.6 Å². The number of amides is 1. The summed E-state index contributed by atoms with van der Waals surface area (Å²) in [5.41, 5.74) is 1.55.